The van der Waals surface area contributed by atoms with E-state index in [1.165, 1.54) is 30.5 Å². The molecule has 0 aromatic heterocycles. The molecule has 0 amide bonds. The van der Waals surface area contributed by atoms with E-state index in [4.69, 9.17) is 5.73 Å². The highest BCUT2D eigenvalue weighted by atomic mass is 15.2. The molecule has 106 valence electrons. The van der Waals surface area contributed by atoms with Crippen LogP contribution in [0.5, 0.6) is 0 Å². The van der Waals surface area contributed by atoms with Gasteiger partial charge in [0.25, 0.3) is 0 Å². The number of anilines is 1. The van der Waals surface area contributed by atoms with Crippen molar-refractivity contribution in [3.8, 4) is 0 Å². The molecular formula is C17H28N2. The number of nitrogens with two attached hydrogens (primary N) is 1. The zero-order chi connectivity index (χ0) is 14.0. The van der Waals surface area contributed by atoms with Gasteiger partial charge in [-0.3, -0.25) is 0 Å². The Balaban J connectivity index is 2.30. The van der Waals surface area contributed by atoms with Crippen molar-refractivity contribution < 1.29 is 0 Å². The summed E-state index contributed by atoms with van der Waals surface area (Å²) in [6, 6.07) is 9.38. The smallest absolute Gasteiger partial charge is 0.0446 e. The van der Waals surface area contributed by atoms with Crippen LogP contribution in [0.4, 0.5) is 5.69 Å². The first-order valence-corrected chi connectivity index (χ1v) is 7.55. The average molecular weight is 260 g/mol. The fraction of sp³-hybridized carbons (Fsp3) is 0.647. The molecule has 2 heteroatoms. The van der Waals surface area contributed by atoms with Gasteiger partial charge < -0.3 is 10.6 Å². The van der Waals surface area contributed by atoms with Gasteiger partial charge in [0.05, 0.1) is 0 Å². The van der Waals surface area contributed by atoms with Gasteiger partial charge in [-0.05, 0) is 43.7 Å². The molecule has 0 saturated heterocycles. The maximum Gasteiger partial charge on any atom is 0.0446 e. The first kappa shape index (κ1) is 14.4. The van der Waals surface area contributed by atoms with Crippen LogP contribution in [-0.2, 0) is 0 Å². The topological polar surface area (TPSA) is 29.3 Å². The molecule has 1 aromatic rings. The summed E-state index contributed by atoms with van der Waals surface area (Å²) in [6.45, 7) is 10.1. The van der Waals surface area contributed by atoms with Gasteiger partial charge in [-0.2, -0.15) is 0 Å². The molecule has 1 aromatic carbocycles. The molecule has 19 heavy (non-hydrogen) atoms. The molecule has 2 unspecified atom stereocenters. The summed E-state index contributed by atoms with van der Waals surface area (Å²) in [5, 5.41) is 0. The Morgan fingerprint density at radius 2 is 2.00 bits per heavy atom. The normalized spacial score (nSPS) is 26.2. The minimum atomic E-state index is 0.249. The Bertz CT molecular complexity index is 425. The lowest BCUT2D eigenvalue weighted by Gasteiger charge is -2.47. The van der Waals surface area contributed by atoms with E-state index in [0.29, 0.717) is 6.04 Å². The Hall–Kier alpha value is -1.02. The fourth-order valence-electron chi connectivity index (χ4n) is 3.45. The van der Waals surface area contributed by atoms with Crippen LogP contribution in [-0.4, -0.2) is 18.6 Å². The summed E-state index contributed by atoms with van der Waals surface area (Å²) in [4.78, 5) is 2.51. The number of rotatable bonds is 3. The minimum Gasteiger partial charge on any atom is -0.367 e. The Morgan fingerprint density at radius 1 is 1.32 bits per heavy atom. The molecule has 2 rings (SSSR count). The van der Waals surface area contributed by atoms with Crippen LogP contribution in [0.15, 0.2) is 24.3 Å². The molecule has 1 fully saturated rings. The van der Waals surface area contributed by atoms with Crippen molar-refractivity contribution in [1.29, 1.82) is 0 Å². The molecule has 1 saturated carbocycles. The predicted octanol–water partition coefficient (Wildman–Crippen LogP) is 3.73. The van der Waals surface area contributed by atoms with Crippen LogP contribution >= 0.6 is 0 Å². The maximum absolute atomic E-state index is 6.58. The SMILES string of the molecule is CCN(c1ccccc1C)C1CCCC(C)(C)C1N. The quantitative estimate of drug-likeness (QED) is 0.897. The zero-order valence-electron chi connectivity index (χ0n) is 12.8. The van der Waals surface area contributed by atoms with Crippen molar-refractivity contribution >= 4 is 5.69 Å². The van der Waals surface area contributed by atoms with E-state index in [1.54, 1.807) is 0 Å². The third-order valence-corrected chi connectivity index (χ3v) is 4.80. The molecule has 1 aliphatic carbocycles. The van der Waals surface area contributed by atoms with Gasteiger partial charge in [-0.15, -0.1) is 0 Å². The second kappa shape index (κ2) is 5.54. The van der Waals surface area contributed by atoms with E-state index >= 15 is 0 Å². The van der Waals surface area contributed by atoms with Gasteiger partial charge in [0.15, 0.2) is 0 Å². The van der Waals surface area contributed by atoms with E-state index in [2.05, 4.69) is 56.9 Å². The minimum absolute atomic E-state index is 0.249. The fourth-order valence-corrected chi connectivity index (χ4v) is 3.45. The number of nitrogens with zero attached hydrogens (tertiary/aromatic N) is 1. The van der Waals surface area contributed by atoms with E-state index in [1.807, 2.05) is 0 Å². The number of likely N-dealkylation sites (N-methyl/N-ethyl adjacent to an activating group) is 1. The van der Waals surface area contributed by atoms with E-state index < -0.39 is 0 Å². The zero-order valence-corrected chi connectivity index (χ0v) is 12.8. The molecule has 0 radical (unpaired) electrons. The van der Waals surface area contributed by atoms with Crippen LogP contribution < -0.4 is 10.6 Å². The highest BCUT2D eigenvalue weighted by Crippen LogP contribution is 2.38. The van der Waals surface area contributed by atoms with E-state index in [9.17, 15) is 0 Å². The summed E-state index contributed by atoms with van der Waals surface area (Å²) in [5.74, 6) is 0. The van der Waals surface area contributed by atoms with Gasteiger partial charge in [-0.1, -0.05) is 38.5 Å². The third-order valence-electron chi connectivity index (χ3n) is 4.80. The molecule has 0 spiro atoms. The molecule has 0 heterocycles. The monoisotopic (exact) mass is 260 g/mol. The van der Waals surface area contributed by atoms with E-state index in [0.717, 1.165) is 6.54 Å². The predicted molar refractivity (Wildman–Crippen MR) is 83.6 cm³/mol. The van der Waals surface area contributed by atoms with Crippen molar-refractivity contribution in [2.45, 2.75) is 59.0 Å². The standard InChI is InChI=1S/C17H28N2/c1-5-19(14-10-7-6-9-13(14)2)15-11-8-12-17(3,4)16(15)18/h6-7,9-10,15-16H,5,8,11-12,18H2,1-4H3. The second-order valence-electron chi connectivity index (χ2n) is 6.55. The van der Waals surface area contributed by atoms with Crippen molar-refractivity contribution in [3.63, 3.8) is 0 Å². The van der Waals surface area contributed by atoms with Gasteiger partial charge in [-0.25, -0.2) is 0 Å². The van der Waals surface area contributed by atoms with Crippen molar-refractivity contribution in [2.75, 3.05) is 11.4 Å². The maximum atomic E-state index is 6.58. The summed E-state index contributed by atoms with van der Waals surface area (Å²) < 4.78 is 0. The number of hydrogen-bond acceptors (Lipinski definition) is 2. The highest BCUT2D eigenvalue weighted by Gasteiger charge is 2.39. The van der Waals surface area contributed by atoms with Crippen LogP contribution in [0.2, 0.25) is 0 Å². The first-order valence-electron chi connectivity index (χ1n) is 7.55. The number of para-hydroxylation sites is 1. The van der Waals surface area contributed by atoms with Crippen LogP contribution in [0.3, 0.4) is 0 Å². The molecule has 0 aliphatic heterocycles. The lowest BCUT2D eigenvalue weighted by Crippen LogP contribution is -2.57. The van der Waals surface area contributed by atoms with Gasteiger partial charge in [0.2, 0.25) is 0 Å². The Morgan fingerprint density at radius 3 is 2.63 bits per heavy atom. The largest absolute Gasteiger partial charge is 0.367 e. The molecule has 2 nitrogen and oxygen atoms in total. The van der Waals surface area contributed by atoms with Crippen molar-refractivity contribution in [2.24, 2.45) is 11.1 Å². The summed E-state index contributed by atoms with van der Waals surface area (Å²) in [5.41, 5.74) is 9.53. The molecule has 2 N–H and O–H groups in total. The first-order chi connectivity index (χ1) is 8.97. The molecule has 0 bridgehead atoms. The molecule has 1 aliphatic rings. The Kier molecular flexibility index (Phi) is 4.19. The van der Waals surface area contributed by atoms with E-state index in [-0.39, 0.29) is 11.5 Å². The molecular weight excluding hydrogens is 232 g/mol. The number of benzene rings is 1. The summed E-state index contributed by atoms with van der Waals surface area (Å²) in [6.07, 6.45) is 3.75. The number of aryl methyl sites for hydroxylation is 1. The summed E-state index contributed by atoms with van der Waals surface area (Å²) >= 11 is 0. The second-order valence-corrected chi connectivity index (χ2v) is 6.55. The lowest BCUT2D eigenvalue weighted by molar-refractivity contribution is 0.173. The average Bonchev–Trinajstić information content (AvgIpc) is 2.37. The van der Waals surface area contributed by atoms with Crippen LogP contribution in [0, 0.1) is 12.3 Å². The van der Waals surface area contributed by atoms with Crippen LogP contribution in [0.1, 0.15) is 45.6 Å². The Labute approximate surface area is 118 Å². The van der Waals surface area contributed by atoms with Crippen molar-refractivity contribution in [3.05, 3.63) is 29.8 Å². The number of hydrogen-bond donors (Lipinski definition) is 1. The summed E-state index contributed by atoms with van der Waals surface area (Å²) in [7, 11) is 0. The van der Waals surface area contributed by atoms with Gasteiger partial charge in [0, 0.05) is 24.3 Å². The third kappa shape index (κ3) is 2.79. The van der Waals surface area contributed by atoms with Crippen LogP contribution in [0.25, 0.3) is 0 Å². The van der Waals surface area contributed by atoms with Gasteiger partial charge >= 0.3 is 0 Å². The van der Waals surface area contributed by atoms with Gasteiger partial charge in [0.1, 0.15) is 0 Å². The molecule has 2 atom stereocenters. The van der Waals surface area contributed by atoms with Crippen molar-refractivity contribution in [1.82, 2.24) is 0 Å². The highest BCUT2D eigenvalue weighted by molar-refractivity contribution is 5.54. The lowest BCUT2D eigenvalue weighted by atomic mass is 9.70.